The topological polar surface area (TPSA) is 12.0 Å². The van der Waals surface area contributed by atoms with Gasteiger partial charge in [-0.2, -0.15) is 0 Å². The van der Waals surface area contributed by atoms with Gasteiger partial charge in [0.15, 0.2) is 0 Å². The third kappa shape index (κ3) is 4.89. The Hall–Kier alpha value is -0.340. The summed E-state index contributed by atoms with van der Waals surface area (Å²) < 4.78 is 0. The zero-order chi connectivity index (χ0) is 14.2. The van der Waals surface area contributed by atoms with Gasteiger partial charge in [0.05, 0.1) is 0 Å². The molecule has 1 unspecified atom stereocenters. The van der Waals surface area contributed by atoms with Crippen molar-refractivity contribution >= 4 is 11.3 Å². The van der Waals surface area contributed by atoms with Gasteiger partial charge in [0.2, 0.25) is 0 Å². The van der Waals surface area contributed by atoms with Crippen LogP contribution < -0.4 is 5.32 Å². The molecule has 1 aliphatic carbocycles. The first-order chi connectivity index (χ1) is 9.83. The summed E-state index contributed by atoms with van der Waals surface area (Å²) in [7, 11) is 0. The van der Waals surface area contributed by atoms with E-state index in [0.717, 1.165) is 24.4 Å². The van der Waals surface area contributed by atoms with Gasteiger partial charge in [0.25, 0.3) is 0 Å². The van der Waals surface area contributed by atoms with E-state index < -0.39 is 0 Å². The van der Waals surface area contributed by atoms with Crippen molar-refractivity contribution in [2.45, 2.75) is 71.3 Å². The third-order valence-corrected chi connectivity index (χ3v) is 5.96. The summed E-state index contributed by atoms with van der Waals surface area (Å²) in [6.45, 7) is 5.73. The molecule has 1 heterocycles. The molecule has 1 N–H and O–H groups in total. The van der Waals surface area contributed by atoms with Crippen LogP contribution in [0.5, 0.6) is 0 Å². The van der Waals surface area contributed by atoms with Gasteiger partial charge in [-0.1, -0.05) is 39.2 Å². The molecule has 0 spiro atoms. The Balaban J connectivity index is 1.75. The van der Waals surface area contributed by atoms with Gasteiger partial charge in [0.1, 0.15) is 0 Å². The fourth-order valence-corrected chi connectivity index (χ4v) is 4.47. The quantitative estimate of drug-likeness (QED) is 0.689. The van der Waals surface area contributed by atoms with Gasteiger partial charge < -0.3 is 5.32 Å². The zero-order valence-electron chi connectivity index (χ0n) is 13.2. The molecule has 0 radical (unpaired) electrons. The molecule has 1 nitrogen and oxygen atoms in total. The second-order valence-corrected chi connectivity index (χ2v) is 7.36. The Bertz CT molecular complexity index is 338. The third-order valence-electron chi connectivity index (χ3n) is 5.02. The molecule has 1 aromatic rings. The molecule has 1 saturated carbocycles. The highest BCUT2D eigenvalue weighted by Crippen LogP contribution is 2.33. The van der Waals surface area contributed by atoms with E-state index in [0.29, 0.717) is 0 Å². The van der Waals surface area contributed by atoms with Crippen LogP contribution in [-0.2, 0) is 6.42 Å². The number of thiophene rings is 1. The van der Waals surface area contributed by atoms with E-state index >= 15 is 0 Å². The van der Waals surface area contributed by atoms with E-state index in [9.17, 15) is 0 Å². The standard InChI is InChI=1S/C18H31NS/c1-3-15-10-12-16(13-11-15)18(19-4-2)9-5-7-17-8-6-14-20-17/h6,8,14-16,18-19H,3-5,7,9-13H2,1-2H3. The maximum atomic E-state index is 3.77. The van der Waals surface area contributed by atoms with Crippen molar-refractivity contribution in [3.8, 4) is 0 Å². The molecule has 0 aromatic carbocycles. The van der Waals surface area contributed by atoms with Gasteiger partial charge >= 0.3 is 0 Å². The van der Waals surface area contributed by atoms with E-state index in [2.05, 4.69) is 36.7 Å². The van der Waals surface area contributed by atoms with Crippen LogP contribution in [0.15, 0.2) is 17.5 Å². The average molecular weight is 294 g/mol. The molecule has 1 aliphatic rings. The van der Waals surface area contributed by atoms with Crippen LogP contribution in [0.2, 0.25) is 0 Å². The second kappa shape index (κ2) is 8.84. The van der Waals surface area contributed by atoms with Gasteiger partial charge in [-0.25, -0.2) is 0 Å². The van der Waals surface area contributed by atoms with E-state index in [4.69, 9.17) is 0 Å². The van der Waals surface area contributed by atoms with Crippen molar-refractivity contribution in [2.24, 2.45) is 11.8 Å². The van der Waals surface area contributed by atoms with Crippen molar-refractivity contribution in [1.82, 2.24) is 5.32 Å². The van der Waals surface area contributed by atoms with Gasteiger partial charge in [-0.3, -0.25) is 0 Å². The summed E-state index contributed by atoms with van der Waals surface area (Å²) in [4.78, 5) is 1.55. The maximum Gasteiger partial charge on any atom is 0.00953 e. The van der Waals surface area contributed by atoms with Crippen LogP contribution in [0.3, 0.4) is 0 Å². The van der Waals surface area contributed by atoms with Gasteiger partial charge in [-0.15, -0.1) is 11.3 Å². The first-order valence-electron chi connectivity index (χ1n) is 8.59. The van der Waals surface area contributed by atoms with Gasteiger partial charge in [0, 0.05) is 10.9 Å². The van der Waals surface area contributed by atoms with Crippen LogP contribution in [0.4, 0.5) is 0 Å². The lowest BCUT2D eigenvalue weighted by atomic mass is 9.76. The number of hydrogen-bond donors (Lipinski definition) is 1. The lowest BCUT2D eigenvalue weighted by molar-refractivity contribution is 0.210. The van der Waals surface area contributed by atoms with Crippen molar-refractivity contribution in [3.05, 3.63) is 22.4 Å². The molecule has 0 amide bonds. The molecule has 0 saturated heterocycles. The van der Waals surface area contributed by atoms with Crippen molar-refractivity contribution in [2.75, 3.05) is 6.54 Å². The molecule has 1 atom stereocenters. The molecule has 0 aliphatic heterocycles. The Morgan fingerprint density at radius 2 is 2.05 bits per heavy atom. The first kappa shape index (κ1) is 16.0. The van der Waals surface area contributed by atoms with E-state index in [1.54, 1.807) is 4.88 Å². The van der Waals surface area contributed by atoms with Crippen LogP contribution in [-0.4, -0.2) is 12.6 Å². The first-order valence-corrected chi connectivity index (χ1v) is 9.47. The molecule has 0 bridgehead atoms. The van der Waals surface area contributed by atoms with Crippen molar-refractivity contribution in [1.29, 1.82) is 0 Å². The SMILES string of the molecule is CCNC(CCCc1cccs1)C1CCC(CC)CC1. The van der Waals surface area contributed by atoms with Crippen LogP contribution in [0.1, 0.15) is 63.7 Å². The second-order valence-electron chi connectivity index (χ2n) is 6.32. The Morgan fingerprint density at radius 3 is 2.65 bits per heavy atom. The van der Waals surface area contributed by atoms with Crippen LogP contribution in [0.25, 0.3) is 0 Å². The molecule has 20 heavy (non-hydrogen) atoms. The van der Waals surface area contributed by atoms with E-state index in [-0.39, 0.29) is 0 Å². The summed E-state index contributed by atoms with van der Waals surface area (Å²) >= 11 is 1.91. The van der Waals surface area contributed by atoms with Crippen molar-refractivity contribution in [3.63, 3.8) is 0 Å². The lowest BCUT2D eigenvalue weighted by Crippen LogP contribution is -2.38. The monoisotopic (exact) mass is 293 g/mol. The number of rotatable bonds is 8. The number of hydrogen-bond acceptors (Lipinski definition) is 2. The van der Waals surface area contributed by atoms with Crippen LogP contribution in [0, 0.1) is 11.8 Å². The molecule has 2 heteroatoms. The highest BCUT2D eigenvalue weighted by Gasteiger charge is 2.26. The predicted molar refractivity (Wildman–Crippen MR) is 90.5 cm³/mol. The Labute approximate surface area is 129 Å². The minimum absolute atomic E-state index is 0.762. The zero-order valence-corrected chi connectivity index (χ0v) is 14.1. The molecule has 1 aromatic heterocycles. The van der Waals surface area contributed by atoms with E-state index in [1.807, 2.05) is 11.3 Å². The lowest BCUT2D eigenvalue weighted by Gasteiger charge is -2.34. The summed E-state index contributed by atoms with van der Waals surface area (Å²) in [5.41, 5.74) is 0. The van der Waals surface area contributed by atoms with Gasteiger partial charge in [-0.05, 0) is 61.9 Å². The number of nitrogens with one attached hydrogen (secondary N) is 1. The molecule has 2 rings (SSSR count). The summed E-state index contributed by atoms with van der Waals surface area (Å²) in [6.07, 6.45) is 11.2. The summed E-state index contributed by atoms with van der Waals surface area (Å²) in [6, 6.07) is 5.21. The normalized spacial score (nSPS) is 24.7. The Morgan fingerprint density at radius 1 is 1.25 bits per heavy atom. The average Bonchev–Trinajstić information content (AvgIpc) is 3.00. The highest BCUT2D eigenvalue weighted by atomic mass is 32.1. The summed E-state index contributed by atoms with van der Waals surface area (Å²) in [5.74, 6) is 1.95. The molecular formula is C18H31NS. The fourth-order valence-electron chi connectivity index (χ4n) is 3.72. The molecule has 114 valence electrons. The van der Waals surface area contributed by atoms with E-state index in [1.165, 1.54) is 51.4 Å². The van der Waals surface area contributed by atoms with Crippen molar-refractivity contribution < 1.29 is 0 Å². The smallest absolute Gasteiger partial charge is 0.00953 e. The minimum atomic E-state index is 0.762. The maximum absolute atomic E-state index is 3.77. The minimum Gasteiger partial charge on any atom is -0.314 e. The molecular weight excluding hydrogens is 262 g/mol. The fraction of sp³-hybridized carbons (Fsp3) is 0.778. The van der Waals surface area contributed by atoms with Crippen LogP contribution >= 0.6 is 11.3 Å². The number of aryl methyl sites for hydroxylation is 1. The molecule has 1 fully saturated rings. The largest absolute Gasteiger partial charge is 0.314 e. The highest BCUT2D eigenvalue weighted by molar-refractivity contribution is 7.09. The Kier molecular flexibility index (Phi) is 7.09. The summed E-state index contributed by atoms with van der Waals surface area (Å²) in [5, 5.41) is 5.97. The predicted octanol–water partition coefficient (Wildman–Crippen LogP) is 5.27.